The Morgan fingerprint density at radius 3 is 2.58 bits per heavy atom. The van der Waals surface area contributed by atoms with Crippen molar-refractivity contribution in [3.8, 4) is 11.4 Å². The van der Waals surface area contributed by atoms with Crippen LogP contribution in [0.3, 0.4) is 0 Å². The lowest BCUT2D eigenvalue weighted by Gasteiger charge is -2.20. The van der Waals surface area contributed by atoms with Gasteiger partial charge in [0, 0.05) is 21.6 Å². The van der Waals surface area contributed by atoms with Gasteiger partial charge in [0.05, 0.1) is 5.69 Å². The molecule has 0 saturated carbocycles. The first-order valence-electron chi connectivity index (χ1n) is 7.15. The van der Waals surface area contributed by atoms with Crippen LogP contribution >= 0.6 is 31.9 Å². The molecular formula is C17H11Br2NO4. The van der Waals surface area contributed by atoms with Crippen LogP contribution in [0, 0.1) is 0 Å². The molecule has 0 amide bonds. The second-order valence-corrected chi connectivity index (χ2v) is 7.96. The van der Waals surface area contributed by atoms with Gasteiger partial charge in [-0.3, -0.25) is 9.36 Å². The number of hydrogen-bond donors (Lipinski definition) is 1. The zero-order valence-corrected chi connectivity index (χ0v) is 15.9. The third kappa shape index (κ3) is 1.85. The average molecular weight is 453 g/mol. The molecule has 1 aliphatic heterocycles. The van der Waals surface area contributed by atoms with E-state index in [1.807, 2.05) is 32.0 Å². The van der Waals surface area contributed by atoms with Crippen molar-refractivity contribution in [2.24, 2.45) is 0 Å². The van der Waals surface area contributed by atoms with Crippen molar-refractivity contribution in [1.29, 1.82) is 0 Å². The molecule has 3 heterocycles. The molecule has 0 aliphatic carbocycles. The topological polar surface area (TPSA) is 72.4 Å². The first-order chi connectivity index (χ1) is 11.2. The Hall–Kier alpha value is -1.86. The van der Waals surface area contributed by atoms with Crippen molar-refractivity contribution < 1.29 is 9.52 Å². The fourth-order valence-corrected chi connectivity index (χ4v) is 3.92. The van der Waals surface area contributed by atoms with E-state index in [9.17, 15) is 14.7 Å². The highest BCUT2D eigenvalue weighted by molar-refractivity contribution is 9.10. The Labute approximate surface area is 152 Å². The number of nitrogens with zero attached hydrogens (tertiary/aromatic N) is 1. The van der Waals surface area contributed by atoms with E-state index in [2.05, 4.69) is 31.9 Å². The predicted octanol–water partition coefficient (Wildman–Crippen LogP) is 3.81. The summed E-state index contributed by atoms with van der Waals surface area (Å²) in [5.74, 6) is -0.398. The van der Waals surface area contributed by atoms with Gasteiger partial charge < -0.3 is 9.52 Å². The summed E-state index contributed by atoms with van der Waals surface area (Å²) < 4.78 is 7.54. The molecule has 24 heavy (non-hydrogen) atoms. The highest BCUT2D eigenvalue weighted by atomic mass is 79.9. The van der Waals surface area contributed by atoms with Crippen molar-refractivity contribution in [1.82, 2.24) is 4.57 Å². The number of aromatic hydroxyl groups is 1. The first kappa shape index (κ1) is 15.7. The molecule has 1 aromatic carbocycles. The van der Waals surface area contributed by atoms with E-state index >= 15 is 0 Å². The number of rotatable bonds is 0. The van der Waals surface area contributed by atoms with Gasteiger partial charge in [-0.1, -0.05) is 29.8 Å². The Morgan fingerprint density at radius 2 is 1.88 bits per heavy atom. The van der Waals surface area contributed by atoms with Crippen molar-refractivity contribution in [2.45, 2.75) is 19.3 Å². The summed E-state index contributed by atoms with van der Waals surface area (Å²) in [7, 11) is 0. The molecule has 0 atom stereocenters. The van der Waals surface area contributed by atoms with E-state index in [0.717, 1.165) is 15.7 Å². The predicted molar refractivity (Wildman–Crippen MR) is 97.3 cm³/mol. The van der Waals surface area contributed by atoms with Crippen LogP contribution in [-0.4, -0.2) is 9.67 Å². The summed E-state index contributed by atoms with van der Waals surface area (Å²) in [5, 5.41) is 10.2. The summed E-state index contributed by atoms with van der Waals surface area (Å²) in [6.45, 7) is 4.00. The van der Waals surface area contributed by atoms with Crippen molar-refractivity contribution in [3.05, 3.63) is 65.2 Å². The molecule has 0 unspecified atom stereocenters. The van der Waals surface area contributed by atoms with E-state index in [-0.39, 0.29) is 15.4 Å². The quantitative estimate of drug-likeness (QED) is 0.562. The fourth-order valence-electron chi connectivity index (χ4n) is 3.28. The summed E-state index contributed by atoms with van der Waals surface area (Å²) in [4.78, 5) is 24.8. The highest BCUT2D eigenvalue weighted by Crippen LogP contribution is 2.43. The number of aromatic nitrogens is 1. The Balaban J connectivity index is 2.25. The SMILES string of the molecule is CC1(C)c2cc(Br)ccc2-n2c1cc1oc(=O)c(Br)c(O)c1c2=O. The molecule has 3 aromatic rings. The van der Waals surface area contributed by atoms with E-state index in [1.165, 1.54) is 0 Å². The van der Waals surface area contributed by atoms with E-state index in [1.54, 1.807) is 10.6 Å². The minimum atomic E-state index is -0.722. The molecule has 0 fully saturated rings. The minimum Gasteiger partial charge on any atom is -0.506 e. The average Bonchev–Trinajstić information content (AvgIpc) is 2.73. The monoisotopic (exact) mass is 451 g/mol. The third-order valence-corrected chi connectivity index (χ3v) is 5.70. The van der Waals surface area contributed by atoms with Crippen LogP contribution in [0.25, 0.3) is 16.7 Å². The second kappa shape index (κ2) is 4.83. The largest absolute Gasteiger partial charge is 0.506 e. The summed E-state index contributed by atoms with van der Waals surface area (Å²) in [5.41, 5.74) is 0.930. The molecule has 4 rings (SSSR count). The summed E-state index contributed by atoms with van der Waals surface area (Å²) >= 11 is 6.43. The van der Waals surface area contributed by atoms with Gasteiger partial charge in [0.2, 0.25) is 0 Å². The van der Waals surface area contributed by atoms with Gasteiger partial charge in [0.1, 0.15) is 15.4 Å². The number of halogens is 2. The lowest BCUT2D eigenvalue weighted by Crippen LogP contribution is -2.24. The molecule has 5 nitrogen and oxygen atoms in total. The van der Waals surface area contributed by atoms with Gasteiger partial charge >= 0.3 is 5.63 Å². The summed E-state index contributed by atoms with van der Waals surface area (Å²) in [6, 6.07) is 7.34. The van der Waals surface area contributed by atoms with Crippen LogP contribution < -0.4 is 11.2 Å². The van der Waals surface area contributed by atoms with Gasteiger partial charge in [-0.2, -0.15) is 0 Å². The van der Waals surface area contributed by atoms with Crippen molar-refractivity contribution in [2.75, 3.05) is 0 Å². The van der Waals surface area contributed by atoms with Crippen molar-refractivity contribution >= 4 is 42.8 Å². The third-order valence-electron chi connectivity index (χ3n) is 4.51. The maximum atomic E-state index is 13.0. The van der Waals surface area contributed by atoms with Crippen LogP contribution in [-0.2, 0) is 5.41 Å². The van der Waals surface area contributed by atoms with Gasteiger partial charge in [-0.25, -0.2) is 4.79 Å². The molecule has 7 heteroatoms. The van der Waals surface area contributed by atoms with Crippen LogP contribution in [0.5, 0.6) is 5.75 Å². The molecule has 2 aromatic heterocycles. The van der Waals surface area contributed by atoms with Crippen LogP contribution in [0.2, 0.25) is 0 Å². The zero-order valence-electron chi connectivity index (χ0n) is 12.7. The number of hydrogen-bond acceptors (Lipinski definition) is 4. The minimum absolute atomic E-state index is 0.0169. The van der Waals surface area contributed by atoms with E-state index in [4.69, 9.17) is 4.42 Å². The molecule has 1 N–H and O–H groups in total. The number of fused-ring (bicyclic) bond motifs is 4. The summed E-state index contributed by atoms with van der Waals surface area (Å²) in [6.07, 6.45) is 0. The maximum Gasteiger partial charge on any atom is 0.354 e. The van der Waals surface area contributed by atoms with Gasteiger partial charge in [0.25, 0.3) is 5.56 Å². The zero-order chi connectivity index (χ0) is 17.4. The molecule has 122 valence electrons. The standard InChI is InChI=1S/C17H11Br2NO4/c1-17(2)8-5-7(18)3-4-9(8)20-11(17)6-10-12(15(20)22)14(21)13(19)16(23)24-10/h3-6,21H,1-2H3. The van der Waals surface area contributed by atoms with Gasteiger partial charge in [-0.05, 0) is 39.7 Å². The van der Waals surface area contributed by atoms with Gasteiger partial charge in [0.15, 0.2) is 5.75 Å². The normalized spacial score (nSPS) is 14.7. The molecule has 0 saturated heterocycles. The number of pyridine rings is 1. The molecular weight excluding hydrogens is 442 g/mol. The van der Waals surface area contributed by atoms with Crippen molar-refractivity contribution in [3.63, 3.8) is 0 Å². The van der Waals surface area contributed by atoms with Crippen LogP contribution in [0.1, 0.15) is 25.1 Å². The van der Waals surface area contributed by atoms with E-state index in [0.29, 0.717) is 5.69 Å². The molecule has 0 spiro atoms. The first-order valence-corrected chi connectivity index (χ1v) is 8.74. The molecule has 0 bridgehead atoms. The van der Waals surface area contributed by atoms with Gasteiger partial charge in [-0.15, -0.1) is 0 Å². The fraction of sp³-hybridized carbons (Fsp3) is 0.176. The Morgan fingerprint density at radius 1 is 1.17 bits per heavy atom. The molecule has 1 aliphatic rings. The number of benzene rings is 1. The smallest absolute Gasteiger partial charge is 0.354 e. The van der Waals surface area contributed by atoms with Crippen LogP contribution in [0.15, 0.2) is 47.2 Å². The maximum absolute atomic E-state index is 13.0. The second-order valence-electron chi connectivity index (χ2n) is 6.25. The lowest BCUT2D eigenvalue weighted by atomic mass is 9.83. The lowest BCUT2D eigenvalue weighted by molar-refractivity contribution is 0.461. The Kier molecular flexibility index (Phi) is 3.15. The van der Waals surface area contributed by atoms with Crippen LogP contribution in [0.4, 0.5) is 0 Å². The Bertz CT molecular complexity index is 1160. The molecule has 0 radical (unpaired) electrons. The van der Waals surface area contributed by atoms with E-state index < -0.39 is 22.3 Å². The highest BCUT2D eigenvalue weighted by Gasteiger charge is 2.38.